The average molecular weight is 530 g/mol. The standard InChI is InChI=1S/C24H20F6N2O3S/c1-35-20-6-4-14(5-7-20)16-9-15-3-2-8-31-22(15)21(10-16)36(33,34)32-19-12-17(23(25,26)27)11-18(13-19)24(28,29)30/h4-7,9-13,31-32H,2-3,8H2,1H3. The summed E-state index contributed by atoms with van der Waals surface area (Å²) in [5.74, 6) is 0.581. The number of ether oxygens (including phenoxy) is 1. The van der Waals surface area contributed by atoms with E-state index in [1.807, 2.05) is 4.72 Å². The number of halogens is 6. The van der Waals surface area contributed by atoms with E-state index in [0.717, 1.165) is 0 Å². The first-order valence-electron chi connectivity index (χ1n) is 10.7. The van der Waals surface area contributed by atoms with Gasteiger partial charge in [-0.25, -0.2) is 8.42 Å². The topological polar surface area (TPSA) is 67.4 Å². The molecular formula is C24H20F6N2O3S. The Morgan fingerprint density at radius 2 is 1.47 bits per heavy atom. The van der Waals surface area contributed by atoms with Crippen LogP contribution in [-0.2, 0) is 28.8 Å². The van der Waals surface area contributed by atoms with E-state index in [1.165, 1.54) is 13.2 Å². The molecule has 0 saturated carbocycles. The van der Waals surface area contributed by atoms with Crippen LogP contribution in [0.15, 0.2) is 59.5 Å². The molecule has 4 rings (SSSR count). The highest BCUT2D eigenvalue weighted by atomic mass is 32.2. The van der Waals surface area contributed by atoms with Crippen molar-refractivity contribution in [3.63, 3.8) is 0 Å². The third-order valence-corrected chi connectivity index (χ3v) is 7.07. The highest BCUT2D eigenvalue weighted by Crippen LogP contribution is 2.40. The molecule has 3 aromatic carbocycles. The number of nitrogens with one attached hydrogen (secondary N) is 2. The Hall–Kier alpha value is -3.41. The summed E-state index contributed by atoms with van der Waals surface area (Å²) in [7, 11) is -3.10. The molecule has 0 aromatic heterocycles. The molecule has 12 heteroatoms. The molecule has 1 aliphatic heterocycles. The van der Waals surface area contributed by atoms with Crippen molar-refractivity contribution in [2.75, 3.05) is 23.7 Å². The van der Waals surface area contributed by atoms with E-state index in [1.54, 1.807) is 30.3 Å². The second kappa shape index (κ2) is 9.23. The molecule has 0 bridgehead atoms. The van der Waals surface area contributed by atoms with Gasteiger partial charge in [0.15, 0.2) is 0 Å². The molecule has 0 spiro atoms. The molecule has 0 radical (unpaired) electrons. The Bertz CT molecular complexity index is 1350. The van der Waals surface area contributed by atoms with E-state index in [-0.39, 0.29) is 16.6 Å². The summed E-state index contributed by atoms with van der Waals surface area (Å²) >= 11 is 0. The maximum atomic E-state index is 13.3. The first-order valence-corrected chi connectivity index (χ1v) is 12.1. The number of hydrogen-bond acceptors (Lipinski definition) is 4. The number of rotatable bonds is 5. The van der Waals surface area contributed by atoms with Crippen LogP contribution in [0.5, 0.6) is 5.75 Å². The quantitative estimate of drug-likeness (QED) is 0.367. The number of fused-ring (bicyclic) bond motifs is 1. The van der Waals surface area contributed by atoms with Crippen LogP contribution in [0.1, 0.15) is 23.1 Å². The van der Waals surface area contributed by atoms with Gasteiger partial charge < -0.3 is 10.1 Å². The molecule has 1 heterocycles. The molecule has 0 aliphatic carbocycles. The Labute approximate surface area is 203 Å². The van der Waals surface area contributed by atoms with Crippen LogP contribution in [0.4, 0.5) is 37.7 Å². The minimum Gasteiger partial charge on any atom is -0.497 e. The highest BCUT2D eigenvalue weighted by Gasteiger charge is 2.37. The minimum atomic E-state index is -5.11. The first kappa shape index (κ1) is 25.7. The maximum Gasteiger partial charge on any atom is 0.416 e. The zero-order valence-electron chi connectivity index (χ0n) is 18.7. The van der Waals surface area contributed by atoms with Crippen molar-refractivity contribution < 1.29 is 39.5 Å². The van der Waals surface area contributed by atoms with Gasteiger partial charge in [0.2, 0.25) is 0 Å². The fraction of sp³-hybridized carbons (Fsp3) is 0.250. The van der Waals surface area contributed by atoms with E-state index >= 15 is 0 Å². The molecule has 1 aliphatic rings. The summed E-state index contributed by atoms with van der Waals surface area (Å²) in [6.07, 6.45) is -8.97. The van der Waals surface area contributed by atoms with Crippen LogP contribution in [0.25, 0.3) is 11.1 Å². The second-order valence-corrected chi connectivity index (χ2v) is 9.82. The Morgan fingerprint density at radius 1 is 0.861 bits per heavy atom. The third kappa shape index (κ3) is 5.38. The van der Waals surface area contributed by atoms with Crippen molar-refractivity contribution >= 4 is 21.4 Å². The van der Waals surface area contributed by atoms with Gasteiger partial charge in [-0.05, 0) is 72.0 Å². The number of alkyl halides is 6. The van der Waals surface area contributed by atoms with Gasteiger partial charge in [0, 0.05) is 6.54 Å². The molecular weight excluding hydrogens is 510 g/mol. The second-order valence-electron chi connectivity index (χ2n) is 8.17. The van der Waals surface area contributed by atoms with Gasteiger partial charge in [-0.15, -0.1) is 0 Å². The van der Waals surface area contributed by atoms with Crippen LogP contribution in [0.3, 0.4) is 0 Å². The average Bonchev–Trinajstić information content (AvgIpc) is 2.81. The van der Waals surface area contributed by atoms with Crippen molar-refractivity contribution in [3.05, 3.63) is 71.3 Å². The normalized spacial score (nSPS) is 14.1. The Morgan fingerprint density at radius 3 is 2.03 bits per heavy atom. The summed E-state index contributed by atoms with van der Waals surface area (Å²) in [6, 6.07) is 10.5. The number of anilines is 2. The molecule has 5 nitrogen and oxygen atoms in total. The van der Waals surface area contributed by atoms with Crippen molar-refractivity contribution in [2.24, 2.45) is 0 Å². The lowest BCUT2D eigenvalue weighted by molar-refractivity contribution is -0.143. The molecule has 3 aromatic rings. The molecule has 192 valence electrons. The summed E-state index contributed by atoms with van der Waals surface area (Å²) in [5, 5.41) is 2.99. The van der Waals surface area contributed by atoms with Crippen LogP contribution in [0.2, 0.25) is 0 Å². The third-order valence-electron chi connectivity index (χ3n) is 5.66. The Balaban J connectivity index is 1.82. The van der Waals surface area contributed by atoms with Gasteiger partial charge in [-0.1, -0.05) is 12.1 Å². The van der Waals surface area contributed by atoms with Gasteiger partial charge in [0.1, 0.15) is 10.6 Å². The zero-order valence-corrected chi connectivity index (χ0v) is 19.5. The van der Waals surface area contributed by atoms with E-state index in [2.05, 4.69) is 5.32 Å². The summed E-state index contributed by atoms with van der Waals surface area (Å²) < 4.78 is 113. The number of hydrogen-bond donors (Lipinski definition) is 2. The number of sulfonamides is 1. The van der Waals surface area contributed by atoms with Gasteiger partial charge in [-0.2, -0.15) is 26.3 Å². The van der Waals surface area contributed by atoms with Gasteiger partial charge >= 0.3 is 12.4 Å². The zero-order chi connectivity index (χ0) is 26.3. The van der Waals surface area contributed by atoms with E-state index in [9.17, 15) is 34.8 Å². The number of benzene rings is 3. The molecule has 0 unspecified atom stereocenters. The first-order chi connectivity index (χ1) is 16.8. The number of methoxy groups -OCH3 is 1. The predicted octanol–water partition coefficient (Wildman–Crippen LogP) is 6.56. The maximum absolute atomic E-state index is 13.3. The smallest absolute Gasteiger partial charge is 0.416 e. The molecule has 0 fully saturated rings. The largest absolute Gasteiger partial charge is 0.497 e. The molecule has 0 saturated heterocycles. The monoisotopic (exact) mass is 530 g/mol. The summed E-state index contributed by atoms with van der Waals surface area (Å²) in [6.45, 7) is 0.458. The molecule has 0 amide bonds. The van der Waals surface area contributed by atoms with Gasteiger partial charge in [-0.3, -0.25) is 4.72 Å². The Kier molecular flexibility index (Phi) is 6.58. The van der Waals surface area contributed by atoms with Crippen LogP contribution in [0, 0.1) is 0 Å². The van der Waals surface area contributed by atoms with Crippen LogP contribution >= 0.6 is 0 Å². The lowest BCUT2D eigenvalue weighted by atomic mass is 9.97. The van der Waals surface area contributed by atoms with E-state index < -0.39 is 39.2 Å². The van der Waals surface area contributed by atoms with Gasteiger partial charge in [0.25, 0.3) is 10.0 Å². The molecule has 2 N–H and O–H groups in total. The van der Waals surface area contributed by atoms with Crippen LogP contribution in [-0.4, -0.2) is 22.1 Å². The van der Waals surface area contributed by atoms with Crippen molar-refractivity contribution in [2.45, 2.75) is 30.1 Å². The van der Waals surface area contributed by atoms with Crippen molar-refractivity contribution in [1.29, 1.82) is 0 Å². The summed E-state index contributed by atoms with van der Waals surface area (Å²) in [5.41, 5.74) is -2.01. The highest BCUT2D eigenvalue weighted by molar-refractivity contribution is 7.92. The predicted molar refractivity (Wildman–Crippen MR) is 122 cm³/mol. The fourth-order valence-corrected chi connectivity index (χ4v) is 5.24. The molecule has 0 atom stereocenters. The number of aryl methyl sites for hydroxylation is 1. The van der Waals surface area contributed by atoms with Crippen molar-refractivity contribution in [1.82, 2.24) is 0 Å². The lowest BCUT2D eigenvalue weighted by Crippen LogP contribution is -2.20. The van der Waals surface area contributed by atoms with E-state index in [4.69, 9.17) is 4.74 Å². The van der Waals surface area contributed by atoms with Crippen LogP contribution < -0.4 is 14.8 Å². The lowest BCUT2D eigenvalue weighted by Gasteiger charge is -2.23. The fourth-order valence-electron chi connectivity index (χ4n) is 3.95. The van der Waals surface area contributed by atoms with Gasteiger partial charge in [0.05, 0.1) is 29.6 Å². The SMILES string of the molecule is COc1ccc(-c2cc3c(c(S(=O)(=O)Nc4cc(C(F)(F)F)cc(C(F)(F)F)c4)c2)NCCC3)cc1. The van der Waals surface area contributed by atoms with Crippen molar-refractivity contribution in [3.8, 4) is 16.9 Å². The minimum absolute atomic E-state index is 0.0640. The molecule has 36 heavy (non-hydrogen) atoms. The van der Waals surface area contributed by atoms with E-state index in [0.29, 0.717) is 54.0 Å². The summed E-state index contributed by atoms with van der Waals surface area (Å²) in [4.78, 5) is -0.281.